The molecule has 0 fully saturated rings. The first kappa shape index (κ1) is 13.2. The van der Waals surface area contributed by atoms with Crippen molar-refractivity contribution in [2.75, 3.05) is 0 Å². The molecule has 2 aromatic carbocycles. The van der Waals surface area contributed by atoms with Crippen LogP contribution in [0.5, 0.6) is 0 Å². The molecular formula is C14H15ClP. The summed E-state index contributed by atoms with van der Waals surface area (Å²) in [5.41, 5.74) is 2.85. The number of hydrogen-bond acceptors (Lipinski definition) is 0. The second-order valence-corrected chi connectivity index (χ2v) is 4.59. The Balaban J connectivity index is 0.00000128. The smallest absolute Gasteiger partial charge is 0.00311 e. The van der Waals surface area contributed by atoms with Crippen molar-refractivity contribution in [3.05, 3.63) is 71.8 Å². The molecule has 0 N–H and O–H groups in total. The Hall–Kier alpha value is -0.840. The van der Waals surface area contributed by atoms with E-state index >= 15 is 0 Å². The maximum Gasteiger partial charge on any atom is -0.00311 e. The summed E-state index contributed by atoms with van der Waals surface area (Å²) in [5.74, 6) is 0. The predicted molar refractivity (Wildman–Crippen MR) is 74.5 cm³/mol. The molecule has 2 rings (SSSR count). The van der Waals surface area contributed by atoms with Crippen LogP contribution in [-0.4, -0.2) is 0 Å². The van der Waals surface area contributed by atoms with Gasteiger partial charge >= 0.3 is 0 Å². The van der Waals surface area contributed by atoms with Gasteiger partial charge in [0.1, 0.15) is 0 Å². The molecule has 0 unspecified atom stereocenters. The summed E-state index contributed by atoms with van der Waals surface area (Å²) in [6, 6.07) is 21.3. The Labute approximate surface area is 105 Å². The quantitative estimate of drug-likeness (QED) is 0.686. The second kappa shape index (κ2) is 7.44. The molecule has 0 saturated heterocycles. The Kier molecular flexibility index (Phi) is 6.15. The predicted octanol–water partition coefficient (Wildman–Crippen LogP) is 4.75. The van der Waals surface area contributed by atoms with Gasteiger partial charge in [-0.15, -0.1) is 12.4 Å². The molecule has 83 valence electrons. The van der Waals surface area contributed by atoms with E-state index in [1.54, 1.807) is 0 Å². The van der Waals surface area contributed by atoms with Crippen molar-refractivity contribution in [3.63, 3.8) is 0 Å². The minimum atomic E-state index is 0. The van der Waals surface area contributed by atoms with Crippen molar-refractivity contribution in [2.24, 2.45) is 0 Å². The molecule has 0 atom stereocenters. The summed E-state index contributed by atoms with van der Waals surface area (Å²) >= 11 is 0. The lowest BCUT2D eigenvalue weighted by Gasteiger charge is -2.01. The molecule has 0 aliphatic heterocycles. The van der Waals surface area contributed by atoms with Gasteiger partial charge in [0.25, 0.3) is 0 Å². The van der Waals surface area contributed by atoms with Gasteiger partial charge in [-0.2, -0.15) is 0 Å². The maximum absolute atomic E-state index is 2.19. The molecule has 0 aliphatic carbocycles. The third-order valence-corrected chi connectivity index (χ3v) is 3.45. The minimum Gasteiger partial charge on any atom is -0.147 e. The van der Waals surface area contributed by atoms with Crippen molar-refractivity contribution < 1.29 is 0 Å². The fourth-order valence-electron chi connectivity index (χ4n) is 1.48. The molecule has 0 aromatic heterocycles. The van der Waals surface area contributed by atoms with E-state index in [2.05, 4.69) is 60.7 Å². The zero-order chi connectivity index (χ0) is 10.3. The van der Waals surface area contributed by atoms with Gasteiger partial charge in [0.2, 0.25) is 0 Å². The first-order valence-corrected chi connectivity index (χ1v) is 6.43. The van der Waals surface area contributed by atoms with Crippen LogP contribution in [0.25, 0.3) is 0 Å². The van der Waals surface area contributed by atoms with Gasteiger partial charge in [0.05, 0.1) is 0 Å². The Morgan fingerprint density at radius 2 is 1.00 bits per heavy atom. The van der Waals surface area contributed by atoms with E-state index in [1.165, 1.54) is 19.7 Å². The summed E-state index contributed by atoms with van der Waals surface area (Å²) in [4.78, 5) is 0. The van der Waals surface area contributed by atoms with E-state index in [-0.39, 0.29) is 12.4 Å². The van der Waals surface area contributed by atoms with Gasteiger partial charge in [0, 0.05) is 0 Å². The summed E-state index contributed by atoms with van der Waals surface area (Å²) in [7, 11) is 1.47. The molecule has 1 radical (unpaired) electrons. The highest BCUT2D eigenvalue weighted by atomic mass is 35.5. The molecule has 0 aliphatic rings. The summed E-state index contributed by atoms with van der Waals surface area (Å²) in [5, 5.41) is 0. The molecule has 0 nitrogen and oxygen atoms in total. The number of benzene rings is 2. The van der Waals surface area contributed by atoms with E-state index in [4.69, 9.17) is 0 Å². The minimum absolute atomic E-state index is 0. The van der Waals surface area contributed by atoms with Crippen molar-refractivity contribution in [2.45, 2.75) is 12.3 Å². The topological polar surface area (TPSA) is 0 Å². The highest BCUT2D eigenvalue weighted by Crippen LogP contribution is 2.23. The van der Waals surface area contributed by atoms with E-state index in [1.807, 2.05) is 0 Å². The maximum atomic E-state index is 2.19. The normalized spacial score (nSPS) is 9.50. The number of halogens is 1. The van der Waals surface area contributed by atoms with Crippen molar-refractivity contribution in [1.29, 1.82) is 0 Å². The first-order valence-electron chi connectivity index (χ1n) is 5.16. The molecule has 0 heterocycles. The van der Waals surface area contributed by atoms with Crippen molar-refractivity contribution in [3.8, 4) is 0 Å². The average molecular weight is 250 g/mol. The van der Waals surface area contributed by atoms with Gasteiger partial charge in [-0.3, -0.25) is 0 Å². The molecule has 0 bridgehead atoms. The largest absolute Gasteiger partial charge is 0.147 e. The van der Waals surface area contributed by atoms with Gasteiger partial charge in [-0.1, -0.05) is 69.2 Å². The fraction of sp³-hybridized carbons (Fsp3) is 0.143. The van der Waals surface area contributed by atoms with Gasteiger partial charge in [-0.25, -0.2) is 0 Å². The van der Waals surface area contributed by atoms with Crippen LogP contribution in [0.2, 0.25) is 0 Å². The van der Waals surface area contributed by atoms with E-state index in [9.17, 15) is 0 Å². The Bertz CT molecular complexity index is 346. The van der Waals surface area contributed by atoms with Crippen LogP contribution < -0.4 is 0 Å². The lowest BCUT2D eigenvalue weighted by Crippen LogP contribution is -1.80. The molecule has 2 heteroatoms. The summed E-state index contributed by atoms with van der Waals surface area (Å²) < 4.78 is 0. The lowest BCUT2D eigenvalue weighted by molar-refractivity contribution is 1.35. The van der Waals surface area contributed by atoms with E-state index in [0.717, 1.165) is 12.3 Å². The van der Waals surface area contributed by atoms with Crippen molar-refractivity contribution in [1.82, 2.24) is 0 Å². The van der Waals surface area contributed by atoms with Crippen LogP contribution in [0.1, 0.15) is 11.1 Å². The third kappa shape index (κ3) is 4.35. The fourth-order valence-corrected chi connectivity index (χ4v) is 2.53. The lowest BCUT2D eigenvalue weighted by atomic mass is 10.2. The average Bonchev–Trinajstić information content (AvgIpc) is 2.32. The highest BCUT2D eigenvalue weighted by molar-refractivity contribution is 7.36. The van der Waals surface area contributed by atoms with Crippen LogP contribution in [0.15, 0.2) is 60.7 Å². The number of rotatable bonds is 4. The van der Waals surface area contributed by atoms with E-state index < -0.39 is 0 Å². The Morgan fingerprint density at radius 1 is 0.625 bits per heavy atom. The second-order valence-electron chi connectivity index (χ2n) is 3.51. The zero-order valence-electron chi connectivity index (χ0n) is 9.04. The zero-order valence-corrected chi connectivity index (χ0v) is 10.8. The molecule has 2 aromatic rings. The summed E-state index contributed by atoms with van der Waals surface area (Å²) in [6.45, 7) is 0. The first-order chi connectivity index (χ1) is 7.45. The van der Waals surface area contributed by atoms with Crippen LogP contribution in [0.3, 0.4) is 0 Å². The standard InChI is InChI=1S/C14H14P.ClH/c1-3-7-13(8-4-1)11-15-12-14-9-5-2-6-10-14;/h1-10H,11-12H2;1H. The van der Waals surface area contributed by atoms with E-state index in [0.29, 0.717) is 0 Å². The van der Waals surface area contributed by atoms with Gasteiger partial charge < -0.3 is 0 Å². The van der Waals surface area contributed by atoms with Gasteiger partial charge in [-0.05, 0) is 23.5 Å². The van der Waals surface area contributed by atoms with Gasteiger partial charge in [0.15, 0.2) is 0 Å². The SMILES string of the molecule is Cl.c1ccc(C[P]Cc2ccccc2)cc1. The molecule has 0 saturated carbocycles. The molecule has 16 heavy (non-hydrogen) atoms. The van der Waals surface area contributed by atoms with Crippen LogP contribution in [-0.2, 0) is 12.3 Å². The Morgan fingerprint density at radius 3 is 1.38 bits per heavy atom. The van der Waals surface area contributed by atoms with Crippen molar-refractivity contribution >= 4 is 21.0 Å². The third-order valence-electron chi connectivity index (χ3n) is 2.27. The van der Waals surface area contributed by atoms with Crippen LogP contribution in [0, 0.1) is 0 Å². The molecule has 0 amide bonds. The summed E-state index contributed by atoms with van der Waals surface area (Å²) in [6.07, 6.45) is 2.30. The highest BCUT2D eigenvalue weighted by Gasteiger charge is 1.94. The number of hydrogen-bond donors (Lipinski definition) is 0. The van der Waals surface area contributed by atoms with Crippen LogP contribution >= 0.6 is 21.0 Å². The molecule has 0 spiro atoms. The molecular weight excluding hydrogens is 235 g/mol. The van der Waals surface area contributed by atoms with Crippen LogP contribution in [0.4, 0.5) is 0 Å². The monoisotopic (exact) mass is 249 g/mol.